The minimum atomic E-state index is -1.96. The van der Waals surface area contributed by atoms with Crippen molar-refractivity contribution in [3.8, 4) is 5.75 Å². The van der Waals surface area contributed by atoms with Crippen LogP contribution in [0.4, 0.5) is 5.69 Å². The van der Waals surface area contributed by atoms with E-state index in [2.05, 4.69) is 77.4 Å². The number of aromatic nitrogens is 3. The molecule has 2 aliphatic heterocycles. The van der Waals surface area contributed by atoms with Gasteiger partial charge in [0.05, 0.1) is 39.0 Å². The molecule has 0 spiro atoms. The summed E-state index contributed by atoms with van der Waals surface area (Å²) in [6, 6.07) is 16.9. The van der Waals surface area contributed by atoms with Crippen molar-refractivity contribution in [2.45, 2.75) is 82.8 Å². The van der Waals surface area contributed by atoms with Crippen molar-refractivity contribution in [3.63, 3.8) is 0 Å². The standard InChI is InChI=1S/C34H49N5O4Si/c1-24-31(15-10-25-7-5-9-27(21-25)36-34(41)26-8-6-18-35-22-26)43-32(16-19-39-23-28(17-20-40)37-38-39)33(24)44(3,4)30-13-11-29(42-2)12-14-30/h5,7,9,11-14,21,23-24,26,31-33,35,40H,6,8,10,15-20,22H2,1-4H3,(H,36,41)/t24-,26?,31+,32-,33+/m1/s1. The van der Waals surface area contributed by atoms with Gasteiger partial charge in [0.2, 0.25) is 5.91 Å². The van der Waals surface area contributed by atoms with Crippen LogP contribution in [0, 0.1) is 11.8 Å². The first-order chi connectivity index (χ1) is 21.3. The van der Waals surface area contributed by atoms with Gasteiger partial charge in [-0.1, -0.05) is 54.7 Å². The Kier molecular flexibility index (Phi) is 10.9. The second-order valence-corrected chi connectivity index (χ2v) is 17.7. The number of nitrogens with zero attached hydrogens (tertiary/aromatic N) is 3. The van der Waals surface area contributed by atoms with Gasteiger partial charge >= 0.3 is 0 Å². The van der Waals surface area contributed by atoms with E-state index in [1.165, 1.54) is 10.8 Å². The molecule has 0 radical (unpaired) electrons. The van der Waals surface area contributed by atoms with Crippen LogP contribution < -0.4 is 20.6 Å². The van der Waals surface area contributed by atoms with Gasteiger partial charge in [0, 0.05) is 38.0 Å². The molecule has 2 fully saturated rings. The predicted octanol–water partition coefficient (Wildman–Crippen LogP) is 4.17. The van der Waals surface area contributed by atoms with Gasteiger partial charge in [-0.05, 0) is 79.9 Å². The molecule has 1 amide bonds. The first-order valence-electron chi connectivity index (χ1n) is 16.2. The van der Waals surface area contributed by atoms with Gasteiger partial charge in [0.15, 0.2) is 0 Å². The summed E-state index contributed by atoms with van der Waals surface area (Å²) in [5.74, 6) is 1.41. The minimum absolute atomic E-state index is 0.0334. The quantitative estimate of drug-likeness (QED) is 0.246. The second kappa shape index (κ2) is 14.8. The lowest BCUT2D eigenvalue weighted by atomic mass is 9.95. The molecule has 0 bridgehead atoms. The molecule has 3 aromatic rings. The molecular weight excluding hydrogens is 570 g/mol. The number of hydrogen-bond acceptors (Lipinski definition) is 7. The largest absolute Gasteiger partial charge is 0.497 e. The fourth-order valence-corrected chi connectivity index (χ4v) is 11.4. The normalized spacial score (nSPS) is 23.9. The average molecular weight is 620 g/mol. The fraction of sp³-hybridized carbons (Fsp3) is 0.559. The van der Waals surface area contributed by atoms with E-state index in [1.54, 1.807) is 7.11 Å². The van der Waals surface area contributed by atoms with E-state index in [0.29, 0.717) is 17.9 Å². The third-order valence-electron chi connectivity index (χ3n) is 9.75. The first kappa shape index (κ1) is 32.3. The van der Waals surface area contributed by atoms with Gasteiger partial charge in [0.1, 0.15) is 5.75 Å². The van der Waals surface area contributed by atoms with E-state index in [-0.39, 0.29) is 30.6 Å². The molecule has 1 aromatic heterocycles. The van der Waals surface area contributed by atoms with E-state index < -0.39 is 8.07 Å². The number of carbonyl (C=O) groups is 1. The molecule has 10 heteroatoms. The summed E-state index contributed by atoms with van der Waals surface area (Å²) in [6.07, 6.45) is 7.36. The summed E-state index contributed by atoms with van der Waals surface area (Å²) in [7, 11) is -0.252. The Bertz CT molecular complexity index is 1360. The lowest BCUT2D eigenvalue weighted by Gasteiger charge is -2.36. The van der Waals surface area contributed by atoms with Crippen molar-refractivity contribution in [1.29, 1.82) is 0 Å². The van der Waals surface area contributed by atoms with E-state index in [4.69, 9.17) is 9.47 Å². The highest BCUT2D eigenvalue weighted by atomic mass is 28.3. The van der Waals surface area contributed by atoms with Gasteiger partial charge in [-0.2, -0.15) is 0 Å². The van der Waals surface area contributed by atoms with Crippen LogP contribution in [0.3, 0.4) is 0 Å². The Labute approximate surface area is 262 Å². The van der Waals surface area contributed by atoms with Crippen molar-refractivity contribution in [1.82, 2.24) is 20.3 Å². The number of rotatable bonds is 13. The maximum atomic E-state index is 12.8. The van der Waals surface area contributed by atoms with Crippen molar-refractivity contribution < 1.29 is 19.4 Å². The summed E-state index contributed by atoms with van der Waals surface area (Å²) in [6.45, 7) is 9.85. The fourth-order valence-electron chi connectivity index (χ4n) is 7.29. The minimum Gasteiger partial charge on any atom is -0.497 e. The summed E-state index contributed by atoms with van der Waals surface area (Å²) in [4.78, 5) is 12.8. The summed E-state index contributed by atoms with van der Waals surface area (Å²) in [5.41, 5.74) is 3.32. The Balaban J connectivity index is 1.28. The number of nitrogens with one attached hydrogen (secondary N) is 2. The highest BCUT2D eigenvalue weighted by Crippen LogP contribution is 2.46. The Morgan fingerprint density at radius 3 is 2.70 bits per heavy atom. The zero-order chi connectivity index (χ0) is 31.1. The zero-order valence-corrected chi connectivity index (χ0v) is 27.7. The molecule has 0 aliphatic carbocycles. The number of piperidine rings is 1. The van der Waals surface area contributed by atoms with Crippen LogP contribution >= 0.6 is 0 Å². The number of aliphatic hydroxyl groups excluding tert-OH is 1. The molecule has 9 nitrogen and oxygen atoms in total. The number of anilines is 1. The summed E-state index contributed by atoms with van der Waals surface area (Å²) >= 11 is 0. The predicted molar refractivity (Wildman–Crippen MR) is 176 cm³/mol. The van der Waals surface area contributed by atoms with Crippen LogP contribution in [0.15, 0.2) is 54.7 Å². The molecule has 3 heterocycles. The second-order valence-electron chi connectivity index (χ2n) is 13.1. The first-order valence-corrected chi connectivity index (χ1v) is 19.3. The van der Waals surface area contributed by atoms with Crippen LogP contribution in [-0.4, -0.2) is 73.1 Å². The van der Waals surface area contributed by atoms with Crippen molar-refractivity contribution in [3.05, 3.63) is 66.0 Å². The van der Waals surface area contributed by atoms with Crippen LogP contribution in [0.1, 0.15) is 43.9 Å². The number of hydrogen-bond donors (Lipinski definition) is 3. The van der Waals surface area contributed by atoms with Crippen LogP contribution in [0.25, 0.3) is 0 Å². The number of aryl methyl sites for hydroxylation is 2. The Hall–Kier alpha value is -3.05. The maximum absolute atomic E-state index is 12.8. The van der Waals surface area contributed by atoms with E-state index in [9.17, 15) is 9.90 Å². The molecule has 238 valence electrons. The third-order valence-corrected chi connectivity index (χ3v) is 14.1. The molecular formula is C34H49N5O4Si. The summed E-state index contributed by atoms with van der Waals surface area (Å²) < 4.78 is 14.3. The van der Waals surface area contributed by atoms with Crippen molar-refractivity contribution >= 4 is 24.9 Å². The molecule has 5 rings (SSSR count). The molecule has 2 aromatic carbocycles. The topological polar surface area (TPSA) is 111 Å². The van der Waals surface area contributed by atoms with Gasteiger partial charge in [0.25, 0.3) is 0 Å². The number of methoxy groups -OCH3 is 1. The maximum Gasteiger partial charge on any atom is 0.228 e. The lowest BCUT2D eigenvalue weighted by molar-refractivity contribution is -0.120. The Morgan fingerprint density at radius 2 is 1.98 bits per heavy atom. The zero-order valence-electron chi connectivity index (χ0n) is 26.7. The molecule has 0 saturated carbocycles. The van der Waals surface area contributed by atoms with E-state index in [0.717, 1.165) is 68.9 Å². The summed E-state index contributed by atoms with van der Waals surface area (Å²) in [5, 5.41) is 25.7. The molecule has 2 saturated heterocycles. The average Bonchev–Trinajstić information content (AvgIpc) is 3.63. The van der Waals surface area contributed by atoms with Crippen LogP contribution in [0.5, 0.6) is 5.75 Å². The van der Waals surface area contributed by atoms with Gasteiger partial charge in [-0.25, -0.2) is 0 Å². The molecule has 3 N–H and O–H groups in total. The van der Waals surface area contributed by atoms with Gasteiger partial charge in [-0.15, -0.1) is 5.10 Å². The van der Waals surface area contributed by atoms with E-state index >= 15 is 0 Å². The highest BCUT2D eigenvalue weighted by molar-refractivity contribution is 6.91. The Morgan fingerprint density at radius 1 is 1.16 bits per heavy atom. The van der Waals surface area contributed by atoms with Crippen LogP contribution in [0.2, 0.25) is 18.6 Å². The molecule has 44 heavy (non-hydrogen) atoms. The smallest absolute Gasteiger partial charge is 0.228 e. The highest BCUT2D eigenvalue weighted by Gasteiger charge is 2.50. The number of amides is 1. The number of benzene rings is 2. The van der Waals surface area contributed by atoms with Gasteiger partial charge < -0.3 is 25.2 Å². The number of aliphatic hydroxyl groups is 1. The molecule has 1 unspecified atom stereocenters. The van der Waals surface area contributed by atoms with Crippen LogP contribution in [-0.2, 0) is 28.9 Å². The SMILES string of the molecule is COc1ccc([Si](C)(C)[C@H]2[C@H](C)[C@H](CCc3cccc(NC(=O)C4CCCNC4)c3)O[C@@H]2CCn2cc(CCO)nn2)cc1. The van der Waals surface area contributed by atoms with Crippen molar-refractivity contribution in [2.24, 2.45) is 11.8 Å². The number of ether oxygens (including phenoxy) is 2. The van der Waals surface area contributed by atoms with Crippen molar-refractivity contribution in [2.75, 3.05) is 32.1 Å². The lowest BCUT2D eigenvalue weighted by Crippen LogP contribution is -2.50. The molecule has 2 aliphatic rings. The van der Waals surface area contributed by atoms with Gasteiger partial charge in [-0.3, -0.25) is 9.48 Å². The van der Waals surface area contributed by atoms with E-state index in [1.807, 2.05) is 23.0 Å². The molecule has 5 atom stereocenters. The third kappa shape index (κ3) is 7.77. The monoisotopic (exact) mass is 619 g/mol. The number of carbonyl (C=O) groups excluding carboxylic acids is 1.